The Hall–Kier alpha value is -3.62. The molecule has 5 rings (SSSR count). The van der Waals surface area contributed by atoms with Crippen molar-refractivity contribution in [3.05, 3.63) is 65.9 Å². The van der Waals surface area contributed by atoms with E-state index >= 15 is 0 Å². The lowest BCUT2D eigenvalue weighted by atomic mass is 10.1. The van der Waals surface area contributed by atoms with Gasteiger partial charge in [0.25, 0.3) is 0 Å². The molecule has 0 spiro atoms. The Morgan fingerprint density at radius 2 is 1.81 bits per heavy atom. The molecule has 0 aliphatic carbocycles. The second-order valence-corrected chi connectivity index (χ2v) is 9.43. The molecule has 1 aliphatic heterocycles. The van der Waals surface area contributed by atoms with E-state index in [-0.39, 0.29) is 0 Å². The molecule has 2 aromatic heterocycles. The summed E-state index contributed by atoms with van der Waals surface area (Å²) in [6, 6.07) is 15.2. The van der Waals surface area contributed by atoms with Crippen LogP contribution >= 0.6 is 11.6 Å². The number of anilines is 4. The van der Waals surface area contributed by atoms with Crippen molar-refractivity contribution in [3.63, 3.8) is 0 Å². The van der Waals surface area contributed by atoms with E-state index in [9.17, 15) is 0 Å². The number of nitrogens with one attached hydrogen (secondary N) is 2. The number of nitrogens with zero attached hydrogens (tertiary/aromatic N) is 4. The van der Waals surface area contributed by atoms with Gasteiger partial charge in [-0.3, -0.25) is 4.98 Å². The van der Waals surface area contributed by atoms with Crippen molar-refractivity contribution in [1.29, 1.82) is 0 Å². The molecule has 192 valence electrons. The van der Waals surface area contributed by atoms with Crippen LogP contribution in [0.3, 0.4) is 0 Å². The fraction of sp³-hybridized carbons (Fsp3) is 0.321. The normalized spacial score (nSPS) is 13.9. The highest BCUT2D eigenvalue weighted by Crippen LogP contribution is 2.32. The van der Waals surface area contributed by atoms with Crippen LogP contribution in [0.5, 0.6) is 11.5 Å². The highest BCUT2D eigenvalue weighted by atomic mass is 35.5. The van der Waals surface area contributed by atoms with Crippen molar-refractivity contribution in [2.45, 2.75) is 25.7 Å². The van der Waals surface area contributed by atoms with Gasteiger partial charge in [-0.25, -0.2) is 4.98 Å². The average Bonchev–Trinajstić information content (AvgIpc) is 2.92. The van der Waals surface area contributed by atoms with E-state index in [1.807, 2.05) is 42.5 Å². The number of likely N-dealkylation sites (tertiary alicyclic amines) is 1. The maximum absolute atomic E-state index is 6.41. The number of pyridine rings is 1. The molecule has 0 radical (unpaired) electrons. The third kappa shape index (κ3) is 6.58. The highest BCUT2D eigenvalue weighted by molar-refractivity contribution is 6.35. The predicted molar refractivity (Wildman–Crippen MR) is 149 cm³/mol. The summed E-state index contributed by atoms with van der Waals surface area (Å²) in [6.45, 7) is 4.14. The monoisotopic (exact) mass is 518 g/mol. The Balaban J connectivity index is 1.20. The molecular formula is C28H31ClN6O2. The van der Waals surface area contributed by atoms with Gasteiger partial charge in [0.15, 0.2) is 11.5 Å². The van der Waals surface area contributed by atoms with E-state index in [0.29, 0.717) is 29.1 Å². The first-order valence-electron chi connectivity index (χ1n) is 12.6. The first kappa shape index (κ1) is 25.0. The van der Waals surface area contributed by atoms with Gasteiger partial charge in [-0.1, -0.05) is 24.1 Å². The van der Waals surface area contributed by atoms with E-state index in [0.717, 1.165) is 41.0 Å². The molecule has 2 N–H and O–H groups in total. The predicted octanol–water partition coefficient (Wildman–Crippen LogP) is 6.43. The van der Waals surface area contributed by atoms with Gasteiger partial charge in [0.1, 0.15) is 5.82 Å². The number of rotatable bonds is 10. The molecule has 8 nitrogen and oxygen atoms in total. The topological polar surface area (TPSA) is 84.4 Å². The minimum absolute atomic E-state index is 0.454. The summed E-state index contributed by atoms with van der Waals surface area (Å²) in [5.41, 5.74) is 2.39. The molecule has 4 aromatic rings. The van der Waals surface area contributed by atoms with Gasteiger partial charge in [0.05, 0.1) is 24.3 Å². The highest BCUT2D eigenvalue weighted by Gasteiger charge is 2.11. The number of halogens is 1. The number of hydrogen-bond acceptors (Lipinski definition) is 8. The minimum atomic E-state index is 0.454. The lowest BCUT2D eigenvalue weighted by Crippen LogP contribution is -2.31. The van der Waals surface area contributed by atoms with Crippen LogP contribution in [0.15, 0.2) is 60.9 Å². The summed E-state index contributed by atoms with van der Waals surface area (Å²) in [6.07, 6.45) is 8.39. The quantitative estimate of drug-likeness (QED) is 0.232. The van der Waals surface area contributed by atoms with Crippen molar-refractivity contribution in [2.75, 3.05) is 44.0 Å². The summed E-state index contributed by atoms with van der Waals surface area (Å²) < 4.78 is 11.6. The van der Waals surface area contributed by atoms with Gasteiger partial charge in [-0.2, -0.15) is 4.98 Å². The van der Waals surface area contributed by atoms with Gasteiger partial charge < -0.3 is 25.0 Å². The number of hydrogen-bond donors (Lipinski definition) is 2. The van der Waals surface area contributed by atoms with E-state index < -0.39 is 0 Å². The fourth-order valence-electron chi connectivity index (χ4n) is 4.50. The summed E-state index contributed by atoms with van der Waals surface area (Å²) in [5, 5.41) is 8.07. The Kier molecular flexibility index (Phi) is 8.18. The van der Waals surface area contributed by atoms with Gasteiger partial charge in [-0.05, 0) is 68.8 Å². The Morgan fingerprint density at radius 3 is 2.68 bits per heavy atom. The number of benzene rings is 2. The van der Waals surface area contributed by atoms with E-state index in [4.69, 9.17) is 21.1 Å². The van der Waals surface area contributed by atoms with Gasteiger partial charge in [0.2, 0.25) is 5.95 Å². The lowest BCUT2D eigenvalue weighted by Gasteiger charge is -2.26. The molecule has 3 heterocycles. The third-order valence-corrected chi connectivity index (χ3v) is 6.62. The van der Waals surface area contributed by atoms with E-state index in [1.54, 1.807) is 25.6 Å². The van der Waals surface area contributed by atoms with Crippen molar-refractivity contribution in [3.8, 4) is 11.5 Å². The van der Waals surface area contributed by atoms with Crippen LogP contribution < -0.4 is 20.1 Å². The Labute approximate surface area is 222 Å². The smallest absolute Gasteiger partial charge is 0.229 e. The van der Waals surface area contributed by atoms with E-state index in [1.165, 1.54) is 32.4 Å². The van der Waals surface area contributed by atoms with Crippen molar-refractivity contribution in [1.82, 2.24) is 19.9 Å². The van der Waals surface area contributed by atoms with Crippen molar-refractivity contribution < 1.29 is 9.47 Å². The summed E-state index contributed by atoms with van der Waals surface area (Å²) in [5.74, 6) is 2.48. The number of methoxy groups -OCH3 is 1. The summed E-state index contributed by atoms with van der Waals surface area (Å²) in [7, 11) is 1.64. The lowest BCUT2D eigenvalue weighted by molar-refractivity contribution is 0.203. The first-order chi connectivity index (χ1) is 18.2. The number of piperidine rings is 1. The number of ether oxygens (including phenoxy) is 2. The standard InChI is InChI=1S/C28H31ClN6O2/c1-36-25-19-21(8-9-24(25)37-16-6-15-35-13-3-2-4-14-35)33-28-31-12-10-26(34-28)32-22-17-20-7-5-11-30-27(20)23(29)18-22/h5,7-12,17-19H,2-4,6,13-16H2,1H3,(H2,31,32,33,34). The minimum Gasteiger partial charge on any atom is -0.493 e. The second-order valence-electron chi connectivity index (χ2n) is 9.02. The maximum atomic E-state index is 6.41. The van der Waals surface area contributed by atoms with Crippen LogP contribution in [0.2, 0.25) is 5.02 Å². The van der Waals surface area contributed by atoms with Crippen LogP contribution in [0.1, 0.15) is 25.7 Å². The van der Waals surface area contributed by atoms with Crippen molar-refractivity contribution >= 4 is 45.6 Å². The molecule has 1 fully saturated rings. The largest absolute Gasteiger partial charge is 0.493 e. The molecule has 37 heavy (non-hydrogen) atoms. The Morgan fingerprint density at radius 1 is 0.919 bits per heavy atom. The molecule has 1 saturated heterocycles. The zero-order valence-electron chi connectivity index (χ0n) is 20.9. The molecule has 9 heteroatoms. The molecular weight excluding hydrogens is 488 g/mol. The molecule has 0 bridgehead atoms. The molecule has 0 unspecified atom stereocenters. The van der Waals surface area contributed by atoms with Crippen LogP contribution in [-0.4, -0.2) is 53.2 Å². The first-order valence-corrected chi connectivity index (χ1v) is 13.0. The molecule has 0 atom stereocenters. The van der Waals surface area contributed by atoms with E-state index in [2.05, 4.69) is 30.5 Å². The number of aromatic nitrogens is 3. The Bertz CT molecular complexity index is 1350. The maximum Gasteiger partial charge on any atom is 0.229 e. The average molecular weight is 519 g/mol. The molecule has 0 amide bonds. The SMILES string of the molecule is COc1cc(Nc2nccc(Nc3cc(Cl)c4ncccc4c3)n2)ccc1OCCCN1CCCCC1. The second kappa shape index (κ2) is 12.1. The van der Waals surface area contributed by atoms with Crippen LogP contribution in [0.4, 0.5) is 23.1 Å². The zero-order valence-corrected chi connectivity index (χ0v) is 21.7. The summed E-state index contributed by atoms with van der Waals surface area (Å²) in [4.78, 5) is 15.8. The van der Waals surface area contributed by atoms with Crippen LogP contribution in [-0.2, 0) is 0 Å². The zero-order chi connectivity index (χ0) is 25.5. The van der Waals surface area contributed by atoms with Gasteiger partial charge >= 0.3 is 0 Å². The molecule has 2 aromatic carbocycles. The number of fused-ring (bicyclic) bond motifs is 1. The van der Waals surface area contributed by atoms with Gasteiger partial charge in [-0.15, -0.1) is 0 Å². The molecule has 0 saturated carbocycles. The van der Waals surface area contributed by atoms with Crippen LogP contribution in [0, 0.1) is 0 Å². The summed E-state index contributed by atoms with van der Waals surface area (Å²) >= 11 is 6.41. The van der Waals surface area contributed by atoms with Gasteiger partial charge in [0, 0.05) is 41.8 Å². The fourth-order valence-corrected chi connectivity index (χ4v) is 4.78. The molecule has 1 aliphatic rings. The van der Waals surface area contributed by atoms with Crippen LogP contribution in [0.25, 0.3) is 10.9 Å². The third-order valence-electron chi connectivity index (χ3n) is 6.33. The van der Waals surface area contributed by atoms with Crippen molar-refractivity contribution in [2.24, 2.45) is 0 Å².